The van der Waals surface area contributed by atoms with Gasteiger partial charge in [0.2, 0.25) is 0 Å². The summed E-state index contributed by atoms with van der Waals surface area (Å²) in [5.74, 6) is 1.39. The van der Waals surface area contributed by atoms with Gasteiger partial charge < -0.3 is 19.3 Å². The fourth-order valence-electron chi connectivity index (χ4n) is 4.34. The molecular weight excluding hydrogens is 316 g/mol. The molecule has 0 radical (unpaired) electrons. The number of benzene rings is 1. The van der Waals surface area contributed by atoms with Gasteiger partial charge >= 0.3 is 0 Å². The lowest BCUT2D eigenvalue weighted by Crippen LogP contribution is -2.39. The van der Waals surface area contributed by atoms with Gasteiger partial charge in [-0.2, -0.15) is 0 Å². The Kier molecular flexibility index (Phi) is 5.64. The van der Waals surface area contributed by atoms with Gasteiger partial charge in [0, 0.05) is 44.6 Å². The first-order valence-electron chi connectivity index (χ1n) is 9.25. The molecule has 0 N–H and O–H groups in total. The number of nitrogens with zero attached hydrogens (tertiary/aromatic N) is 2. The highest BCUT2D eigenvalue weighted by atomic mass is 16.5. The predicted octanol–water partition coefficient (Wildman–Crippen LogP) is 2.19. The summed E-state index contributed by atoms with van der Waals surface area (Å²) in [6, 6.07) is 7.82. The van der Waals surface area contributed by atoms with Crippen LogP contribution in [0.1, 0.15) is 18.9 Å². The third-order valence-electron chi connectivity index (χ3n) is 5.88. The van der Waals surface area contributed by atoms with Crippen LogP contribution in [0.2, 0.25) is 0 Å². The SMILES string of the molecule is CCN1C[C@@H](COC)[C@]2(CCN(C(=O)COc3ccccc3C)C2)C1. The van der Waals surface area contributed by atoms with Crippen LogP contribution in [0.5, 0.6) is 5.75 Å². The minimum absolute atomic E-state index is 0.0891. The molecule has 2 fully saturated rings. The number of amides is 1. The third-order valence-corrected chi connectivity index (χ3v) is 5.88. The highest BCUT2D eigenvalue weighted by molar-refractivity contribution is 5.78. The van der Waals surface area contributed by atoms with Gasteiger partial charge in [-0.15, -0.1) is 0 Å². The van der Waals surface area contributed by atoms with Crippen molar-refractivity contribution in [2.75, 3.05) is 53.0 Å². The molecule has 1 spiro atoms. The number of hydrogen-bond donors (Lipinski definition) is 0. The van der Waals surface area contributed by atoms with Gasteiger partial charge in [0.25, 0.3) is 5.91 Å². The Morgan fingerprint density at radius 3 is 2.84 bits per heavy atom. The van der Waals surface area contributed by atoms with Gasteiger partial charge in [0.1, 0.15) is 5.75 Å². The molecule has 5 nitrogen and oxygen atoms in total. The summed E-state index contributed by atoms with van der Waals surface area (Å²) in [6.07, 6.45) is 1.06. The summed E-state index contributed by atoms with van der Waals surface area (Å²) in [7, 11) is 1.77. The topological polar surface area (TPSA) is 42.0 Å². The molecule has 25 heavy (non-hydrogen) atoms. The van der Waals surface area contributed by atoms with E-state index in [2.05, 4.69) is 11.8 Å². The lowest BCUT2D eigenvalue weighted by Gasteiger charge is -2.30. The molecule has 0 aromatic heterocycles. The molecule has 0 unspecified atom stereocenters. The molecule has 5 heteroatoms. The Hall–Kier alpha value is -1.59. The quantitative estimate of drug-likeness (QED) is 0.792. The molecule has 0 aliphatic carbocycles. The fraction of sp³-hybridized carbons (Fsp3) is 0.650. The van der Waals surface area contributed by atoms with Gasteiger partial charge in [-0.05, 0) is 31.5 Å². The summed E-state index contributed by atoms with van der Waals surface area (Å²) in [5, 5.41) is 0. The van der Waals surface area contributed by atoms with Crippen molar-refractivity contribution in [1.82, 2.24) is 9.80 Å². The Morgan fingerprint density at radius 2 is 2.12 bits per heavy atom. The highest BCUT2D eigenvalue weighted by Gasteiger charge is 2.50. The van der Waals surface area contributed by atoms with E-state index in [1.807, 2.05) is 36.1 Å². The van der Waals surface area contributed by atoms with E-state index < -0.39 is 0 Å². The summed E-state index contributed by atoms with van der Waals surface area (Å²) in [4.78, 5) is 17.1. The number of methoxy groups -OCH3 is 1. The van der Waals surface area contributed by atoms with E-state index in [-0.39, 0.29) is 17.9 Å². The van der Waals surface area contributed by atoms with Crippen LogP contribution < -0.4 is 4.74 Å². The molecular formula is C20H30N2O3. The predicted molar refractivity (Wildman–Crippen MR) is 97.8 cm³/mol. The monoisotopic (exact) mass is 346 g/mol. The van der Waals surface area contributed by atoms with Crippen LogP contribution in [-0.4, -0.2) is 68.8 Å². The number of carbonyl (C=O) groups excluding carboxylic acids is 1. The summed E-state index contributed by atoms with van der Waals surface area (Å²) < 4.78 is 11.2. The zero-order valence-electron chi connectivity index (χ0n) is 15.7. The van der Waals surface area contributed by atoms with Crippen LogP contribution in [0.3, 0.4) is 0 Å². The number of hydrogen-bond acceptors (Lipinski definition) is 4. The molecule has 2 heterocycles. The molecule has 138 valence electrons. The molecule has 2 aliphatic heterocycles. The average molecular weight is 346 g/mol. The van der Waals surface area contributed by atoms with Gasteiger partial charge in [-0.1, -0.05) is 25.1 Å². The summed E-state index contributed by atoms with van der Waals surface area (Å²) in [6.45, 7) is 9.96. The van der Waals surface area contributed by atoms with E-state index in [1.165, 1.54) is 0 Å². The van der Waals surface area contributed by atoms with E-state index in [0.717, 1.165) is 57.1 Å². The molecule has 3 rings (SSSR count). The third kappa shape index (κ3) is 3.82. The van der Waals surface area contributed by atoms with Crippen molar-refractivity contribution in [3.63, 3.8) is 0 Å². The van der Waals surface area contributed by atoms with Crippen LogP contribution in [0.15, 0.2) is 24.3 Å². The van der Waals surface area contributed by atoms with Crippen LogP contribution in [0.4, 0.5) is 0 Å². The average Bonchev–Trinajstić information content (AvgIpc) is 3.19. The van der Waals surface area contributed by atoms with Crippen molar-refractivity contribution >= 4 is 5.91 Å². The lowest BCUT2D eigenvalue weighted by molar-refractivity contribution is -0.132. The summed E-state index contributed by atoms with van der Waals surface area (Å²) >= 11 is 0. The summed E-state index contributed by atoms with van der Waals surface area (Å²) in [5.41, 5.74) is 1.24. The van der Waals surface area contributed by atoms with Gasteiger partial charge in [-0.25, -0.2) is 0 Å². The molecule has 0 saturated carbocycles. The largest absolute Gasteiger partial charge is 0.484 e. The Bertz CT molecular complexity index is 606. The lowest BCUT2D eigenvalue weighted by atomic mass is 9.78. The van der Waals surface area contributed by atoms with Crippen molar-refractivity contribution in [2.24, 2.45) is 11.3 Å². The number of ether oxygens (including phenoxy) is 2. The molecule has 1 aromatic carbocycles. The van der Waals surface area contributed by atoms with Gasteiger partial charge in [-0.3, -0.25) is 4.79 Å². The minimum Gasteiger partial charge on any atom is -0.484 e. The Balaban J connectivity index is 1.59. The highest BCUT2D eigenvalue weighted by Crippen LogP contribution is 2.43. The van der Waals surface area contributed by atoms with Gasteiger partial charge in [0.05, 0.1) is 6.61 Å². The fourth-order valence-corrected chi connectivity index (χ4v) is 4.34. The second kappa shape index (κ2) is 7.75. The first kappa shape index (κ1) is 18.2. The van der Waals surface area contributed by atoms with Crippen molar-refractivity contribution in [3.05, 3.63) is 29.8 Å². The second-order valence-electron chi connectivity index (χ2n) is 7.46. The van der Waals surface area contributed by atoms with Gasteiger partial charge in [0.15, 0.2) is 6.61 Å². The molecule has 2 atom stereocenters. The standard InChI is InChI=1S/C20H30N2O3/c1-4-21-11-17(12-24-3)20(14-21)9-10-22(15-20)19(23)13-25-18-8-6-5-7-16(18)2/h5-8,17H,4,9-15H2,1-3H3/t17-,20+/m0/s1. The van der Waals surface area contributed by atoms with Crippen LogP contribution in [0, 0.1) is 18.3 Å². The van der Waals surface area contributed by atoms with E-state index >= 15 is 0 Å². The molecule has 1 aromatic rings. The van der Waals surface area contributed by atoms with E-state index in [1.54, 1.807) is 7.11 Å². The minimum atomic E-state index is 0.0891. The van der Waals surface area contributed by atoms with Crippen molar-refractivity contribution in [2.45, 2.75) is 20.3 Å². The number of para-hydroxylation sites is 1. The normalized spacial score (nSPS) is 26.5. The van der Waals surface area contributed by atoms with Crippen LogP contribution in [-0.2, 0) is 9.53 Å². The Morgan fingerprint density at radius 1 is 1.32 bits per heavy atom. The van der Waals surface area contributed by atoms with Crippen molar-refractivity contribution in [3.8, 4) is 5.75 Å². The first-order valence-corrected chi connectivity index (χ1v) is 9.25. The van der Waals surface area contributed by atoms with E-state index in [0.29, 0.717) is 5.92 Å². The number of aryl methyl sites for hydroxylation is 1. The van der Waals surface area contributed by atoms with E-state index in [9.17, 15) is 4.79 Å². The zero-order chi connectivity index (χ0) is 17.9. The zero-order valence-corrected chi connectivity index (χ0v) is 15.7. The van der Waals surface area contributed by atoms with Crippen LogP contribution >= 0.6 is 0 Å². The second-order valence-corrected chi connectivity index (χ2v) is 7.46. The molecule has 2 aliphatic rings. The first-order chi connectivity index (χ1) is 12.1. The molecule has 0 bridgehead atoms. The van der Waals surface area contributed by atoms with Crippen LogP contribution in [0.25, 0.3) is 0 Å². The maximum absolute atomic E-state index is 12.6. The molecule has 1 amide bonds. The smallest absolute Gasteiger partial charge is 0.260 e. The maximum Gasteiger partial charge on any atom is 0.260 e. The molecule has 2 saturated heterocycles. The number of carbonyl (C=O) groups is 1. The number of rotatable bonds is 6. The van der Waals surface area contributed by atoms with Crippen molar-refractivity contribution in [1.29, 1.82) is 0 Å². The van der Waals surface area contributed by atoms with E-state index in [4.69, 9.17) is 9.47 Å². The Labute approximate surface area is 150 Å². The number of likely N-dealkylation sites (tertiary alicyclic amines) is 2. The van der Waals surface area contributed by atoms with Crippen molar-refractivity contribution < 1.29 is 14.3 Å². The maximum atomic E-state index is 12.6.